The summed E-state index contributed by atoms with van der Waals surface area (Å²) in [6.07, 6.45) is 0.321. The molecular weight excluding hydrogens is 394 g/mol. The van der Waals surface area contributed by atoms with E-state index >= 15 is 0 Å². The summed E-state index contributed by atoms with van der Waals surface area (Å²) >= 11 is 4.92. The maximum Gasteiger partial charge on any atom is 0.330 e. The highest BCUT2D eigenvalue weighted by atomic mass is 79.9. The van der Waals surface area contributed by atoms with Gasteiger partial charge in [0.25, 0.3) is 0 Å². The first-order valence-electron chi connectivity index (χ1n) is 7.78. The van der Waals surface area contributed by atoms with Gasteiger partial charge in [0.15, 0.2) is 6.10 Å². The summed E-state index contributed by atoms with van der Waals surface area (Å²) in [4.78, 5) is 38.3. The minimum atomic E-state index is -0.881. The van der Waals surface area contributed by atoms with Gasteiger partial charge in [0.05, 0.1) is 4.87 Å². The second kappa shape index (κ2) is 6.52. The summed E-state index contributed by atoms with van der Waals surface area (Å²) in [7, 11) is 0. The van der Waals surface area contributed by atoms with Crippen LogP contribution in [0.3, 0.4) is 0 Å². The van der Waals surface area contributed by atoms with Gasteiger partial charge in [-0.05, 0) is 32.4 Å². The van der Waals surface area contributed by atoms with Crippen molar-refractivity contribution >= 4 is 45.4 Å². The van der Waals surface area contributed by atoms with Crippen LogP contribution in [0.15, 0.2) is 28.7 Å². The molecule has 0 aliphatic carbocycles. The molecule has 128 valence electrons. The van der Waals surface area contributed by atoms with Crippen LogP contribution in [0.4, 0.5) is 0 Å². The molecule has 2 aliphatic rings. The van der Waals surface area contributed by atoms with Crippen molar-refractivity contribution in [2.75, 3.05) is 5.75 Å². The fourth-order valence-electron chi connectivity index (χ4n) is 3.15. The van der Waals surface area contributed by atoms with Gasteiger partial charge in [-0.2, -0.15) is 0 Å². The third kappa shape index (κ3) is 3.11. The standard InChI is InChI=1S/C17H18BrNO4S/c1-10(15(21)11-3-5-12(18)6-4-11)23-16(22)13-9-24-17(2)8-7-14(20)19(13)17/h3-6,10,13H,7-9H2,1-2H3/t10-,13+,17+/m1/s1. The second-order valence-corrected chi connectivity index (χ2v) is 8.63. The maximum absolute atomic E-state index is 12.5. The molecule has 3 atom stereocenters. The minimum Gasteiger partial charge on any atom is -0.453 e. The number of carbonyl (C=O) groups is 3. The van der Waals surface area contributed by atoms with Crippen LogP contribution in [0.1, 0.15) is 37.0 Å². The Hall–Kier alpha value is -1.34. The molecule has 1 aromatic rings. The average molecular weight is 412 g/mol. The molecule has 2 aliphatic heterocycles. The molecule has 0 bridgehead atoms. The van der Waals surface area contributed by atoms with Crippen LogP contribution >= 0.6 is 27.7 Å². The Morgan fingerprint density at radius 2 is 2.04 bits per heavy atom. The first-order chi connectivity index (χ1) is 11.3. The zero-order valence-electron chi connectivity index (χ0n) is 13.5. The zero-order chi connectivity index (χ0) is 17.5. The number of Topliss-reactive ketones (excluding diaryl/α,β-unsaturated/α-hetero) is 1. The van der Waals surface area contributed by atoms with Crippen LogP contribution in [-0.2, 0) is 14.3 Å². The van der Waals surface area contributed by atoms with E-state index in [9.17, 15) is 14.4 Å². The van der Waals surface area contributed by atoms with Crippen molar-refractivity contribution in [2.45, 2.75) is 43.7 Å². The third-order valence-electron chi connectivity index (χ3n) is 4.51. The number of carbonyl (C=O) groups excluding carboxylic acids is 3. The molecule has 0 spiro atoms. The van der Waals surface area contributed by atoms with Crippen molar-refractivity contribution in [3.05, 3.63) is 34.3 Å². The number of ether oxygens (including phenoxy) is 1. The first-order valence-corrected chi connectivity index (χ1v) is 9.56. The van der Waals surface area contributed by atoms with Crippen molar-refractivity contribution in [1.29, 1.82) is 0 Å². The van der Waals surface area contributed by atoms with E-state index in [1.807, 2.05) is 6.92 Å². The van der Waals surface area contributed by atoms with Crippen LogP contribution in [0.25, 0.3) is 0 Å². The van der Waals surface area contributed by atoms with Crippen molar-refractivity contribution < 1.29 is 19.1 Å². The largest absolute Gasteiger partial charge is 0.453 e. The van der Waals surface area contributed by atoms with Gasteiger partial charge >= 0.3 is 5.97 Å². The molecule has 5 nitrogen and oxygen atoms in total. The van der Waals surface area contributed by atoms with Crippen molar-refractivity contribution in [1.82, 2.24) is 4.90 Å². The average Bonchev–Trinajstić information content (AvgIpc) is 3.04. The normalized spacial score (nSPS) is 27.0. The molecule has 2 heterocycles. The Labute approximate surface area is 153 Å². The van der Waals surface area contributed by atoms with Gasteiger partial charge in [0.1, 0.15) is 6.04 Å². The van der Waals surface area contributed by atoms with Crippen LogP contribution in [-0.4, -0.2) is 45.3 Å². The number of amides is 1. The van der Waals surface area contributed by atoms with E-state index in [1.54, 1.807) is 47.9 Å². The summed E-state index contributed by atoms with van der Waals surface area (Å²) in [5.74, 6) is -0.256. The number of nitrogens with zero attached hydrogens (tertiary/aromatic N) is 1. The second-order valence-electron chi connectivity index (χ2n) is 6.22. The molecule has 1 amide bonds. The lowest BCUT2D eigenvalue weighted by Gasteiger charge is -2.29. The van der Waals surface area contributed by atoms with E-state index in [0.29, 0.717) is 17.7 Å². The number of esters is 1. The van der Waals surface area contributed by atoms with Crippen LogP contribution in [0, 0.1) is 0 Å². The number of benzene rings is 1. The number of rotatable bonds is 4. The van der Waals surface area contributed by atoms with Gasteiger partial charge < -0.3 is 9.64 Å². The SMILES string of the molecule is C[C@@H](OC(=O)[C@@H]1CS[C@@]2(C)CCC(=O)N12)C(=O)c1ccc(Br)cc1. The Balaban J connectivity index is 1.67. The van der Waals surface area contributed by atoms with E-state index in [2.05, 4.69) is 15.9 Å². The summed E-state index contributed by atoms with van der Waals surface area (Å²) in [6.45, 7) is 3.54. The molecule has 7 heteroatoms. The summed E-state index contributed by atoms with van der Waals surface area (Å²) < 4.78 is 6.25. The zero-order valence-corrected chi connectivity index (χ0v) is 15.9. The third-order valence-corrected chi connectivity index (χ3v) is 6.54. The molecule has 0 radical (unpaired) electrons. The van der Waals surface area contributed by atoms with Gasteiger partial charge in [-0.3, -0.25) is 9.59 Å². The Morgan fingerprint density at radius 1 is 1.38 bits per heavy atom. The highest BCUT2D eigenvalue weighted by molar-refractivity contribution is 9.10. The number of ketones is 1. The van der Waals surface area contributed by atoms with E-state index in [1.165, 1.54) is 0 Å². The Morgan fingerprint density at radius 3 is 2.71 bits per heavy atom. The van der Waals surface area contributed by atoms with E-state index < -0.39 is 18.1 Å². The molecule has 3 rings (SSSR count). The molecular formula is C17H18BrNO4S. The maximum atomic E-state index is 12.5. The minimum absolute atomic E-state index is 0.0173. The predicted octanol–water partition coefficient (Wildman–Crippen LogP) is 3.02. The quantitative estimate of drug-likeness (QED) is 0.562. The Kier molecular flexibility index (Phi) is 4.75. The molecule has 0 aromatic heterocycles. The topological polar surface area (TPSA) is 63.7 Å². The molecule has 0 saturated carbocycles. The van der Waals surface area contributed by atoms with Gasteiger partial charge in [0.2, 0.25) is 11.7 Å². The number of hydrogen-bond donors (Lipinski definition) is 0. The van der Waals surface area contributed by atoms with Gasteiger partial charge in [-0.25, -0.2) is 4.79 Å². The highest BCUT2D eigenvalue weighted by Gasteiger charge is 2.53. The van der Waals surface area contributed by atoms with Crippen molar-refractivity contribution in [3.63, 3.8) is 0 Å². The van der Waals surface area contributed by atoms with Crippen molar-refractivity contribution in [3.8, 4) is 0 Å². The summed E-state index contributed by atoms with van der Waals surface area (Å²) in [6, 6.07) is 6.30. The number of fused-ring (bicyclic) bond motifs is 1. The summed E-state index contributed by atoms with van der Waals surface area (Å²) in [5.41, 5.74) is 0.487. The van der Waals surface area contributed by atoms with Crippen LogP contribution in [0.5, 0.6) is 0 Å². The molecule has 0 unspecified atom stereocenters. The van der Waals surface area contributed by atoms with E-state index in [0.717, 1.165) is 10.9 Å². The predicted molar refractivity (Wildman–Crippen MR) is 94.8 cm³/mol. The molecule has 0 N–H and O–H groups in total. The smallest absolute Gasteiger partial charge is 0.330 e. The van der Waals surface area contributed by atoms with Gasteiger partial charge in [-0.15, -0.1) is 11.8 Å². The highest BCUT2D eigenvalue weighted by Crippen LogP contribution is 2.47. The Bertz CT molecular complexity index is 692. The van der Waals surface area contributed by atoms with Gasteiger partial charge in [-0.1, -0.05) is 28.1 Å². The van der Waals surface area contributed by atoms with Crippen LogP contribution in [0.2, 0.25) is 0 Å². The number of halogens is 1. The van der Waals surface area contributed by atoms with Crippen LogP contribution < -0.4 is 0 Å². The molecule has 2 saturated heterocycles. The monoisotopic (exact) mass is 411 g/mol. The number of thioether (sulfide) groups is 1. The molecule has 24 heavy (non-hydrogen) atoms. The molecule has 1 aromatic carbocycles. The van der Waals surface area contributed by atoms with E-state index in [4.69, 9.17) is 4.74 Å². The van der Waals surface area contributed by atoms with E-state index in [-0.39, 0.29) is 16.6 Å². The fourth-order valence-corrected chi connectivity index (χ4v) is 4.83. The first kappa shape index (κ1) is 17.5. The summed E-state index contributed by atoms with van der Waals surface area (Å²) in [5, 5.41) is 0. The lowest BCUT2D eigenvalue weighted by Crippen LogP contribution is -2.47. The van der Waals surface area contributed by atoms with Gasteiger partial charge in [0, 0.05) is 22.2 Å². The lowest BCUT2D eigenvalue weighted by atomic mass is 10.1. The lowest BCUT2D eigenvalue weighted by molar-refractivity contribution is -0.155. The molecule has 2 fully saturated rings. The fraction of sp³-hybridized carbons (Fsp3) is 0.471. The van der Waals surface area contributed by atoms with Crippen molar-refractivity contribution in [2.24, 2.45) is 0 Å². The number of hydrogen-bond acceptors (Lipinski definition) is 5.